The van der Waals surface area contributed by atoms with Crippen LogP contribution >= 0.6 is 0 Å². The van der Waals surface area contributed by atoms with E-state index < -0.39 is 0 Å². The van der Waals surface area contributed by atoms with Crippen molar-refractivity contribution in [2.75, 3.05) is 33.3 Å². The molecule has 0 atom stereocenters. The minimum absolute atomic E-state index is 0.0219. The fourth-order valence-electron chi connectivity index (χ4n) is 4.69. The quantitative estimate of drug-likeness (QED) is 0.541. The van der Waals surface area contributed by atoms with E-state index in [2.05, 4.69) is 19.9 Å². The first-order valence-corrected chi connectivity index (χ1v) is 11.8. The predicted molar refractivity (Wildman–Crippen MR) is 129 cm³/mol. The van der Waals surface area contributed by atoms with E-state index >= 15 is 0 Å². The zero-order chi connectivity index (χ0) is 23.4. The van der Waals surface area contributed by atoms with E-state index in [1.54, 1.807) is 7.11 Å². The van der Waals surface area contributed by atoms with Gasteiger partial charge in [0.25, 0.3) is 5.56 Å². The number of benzene rings is 1. The van der Waals surface area contributed by atoms with Crippen LogP contribution in [0.1, 0.15) is 37.4 Å². The monoisotopic (exact) mass is 451 g/mol. The first kappa shape index (κ1) is 23.0. The minimum atomic E-state index is -0.168. The van der Waals surface area contributed by atoms with Gasteiger partial charge in [0.15, 0.2) is 0 Å². The van der Waals surface area contributed by atoms with E-state index in [1.807, 2.05) is 44.2 Å². The number of nitrogens with one attached hydrogen (secondary N) is 1. The minimum Gasteiger partial charge on any atom is -0.496 e. The summed E-state index contributed by atoms with van der Waals surface area (Å²) in [5, 5.41) is 7.62. The van der Waals surface area contributed by atoms with Crippen LogP contribution in [0.5, 0.6) is 5.75 Å². The van der Waals surface area contributed by atoms with Crippen LogP contribution in [0.25, 0.3) is 16.9 Å². The summed E-state index contributed by atoms with van der Waals surface area (Å²) >= 11 is 0. The van der Waals surface area contributed by atoms with Crippen LogP contribution in [-0.2, 0) is 17.8 Å². The highest BCUT2D eigenvalue weighted by molar-refractivity contribution is 5.76. The third-order valence-corrected chi connectivity index (χ3v) is 6.51. The number of aryl methyl sites for hydroxylation is 1. The SMILES string of the molecule is CCn1c(C)c(CCC(=O)NCCN2CCCC2)c(=O)n2nc(-c3ccccc3OC)cc12. The van der Waals surface area contributed by atoms with Gasteiger partial charge in [-0.05, 0) is 58.3 Å². The van der Waals surface area contributed by atoms with Crippen LogP contribution < -0.4 is 15.6 Å². The summed E-state index contributed by atoms with van der Waals surface area (Å²) in [7, 11) is 1.62. The second-order valence-corrected chi connectivity index (χ2v) is 8.51. The van der Waals surface area contributed by atoms with Gasteiger partial charge in [-0.15, -0.1) is 0 Å². The molecule has 1 saturated heterocycles. The number of amides is 1. The average Bonchev–Trinajstić information content (AvgIpc) is 3.50. The lowest BCUT2D eigenvalue weighted by Crippen LogP contribution is -2.34. The number of carbonyl (C=O) groups excluding carboxylic acids is 1. The Bertz CT molecular complexity index is 1190. The van der Waals surface area contributed by atoms with Crippen molar-refractivity contribution >= 4 is 11.6 Å². The molecule has 3 aromatic rings. The normalized spacial score (nSPS) is 14.2. The molecule has 1 aliphatic rings. The fourth-order valence-corrected chi connectivity index (χ4v) is 4.69. The van der Waals surface area contributed by atoms with E-state index in [-0.39, 0.29) is 17.9 Å². The number of ether oxygens (including phenoxy) is 1. The largest absolute Gasteiger partial charge is 0.496 e. The Morgan fingerprint density at radius 3 is 2.70 bits per heavy atom. The zero-order valence-electron chi connectivity index (χ0n) is 19.8. The second kappa shape index (κ2) is 10.2. The molecule has 4 rings (SSSR count). The summed E-state index contributed by atoms with van der Waals surface area (Å²) in [6.07, 6.45) is 3.16. The lowest BCUT2D eigenvalue weighted by atomic mass is 10.1. The van der Waals surface area contributed by atoms with Crippen molar-refractivity contribution in [1.29, 1.82) is 0 Å². The van der Waals surface area contributed by atoms with Gasteiger partial charge in [0.2, 0.25) is 5.91 Å². The topological polar surface area (TPSA) is 80.9 Å². The number of nitrogens with zero attached hydrogens (tertiary/aromatic N) is 4. The number of carbonyl (C=O) groups is 1. The molecular formula is C25H33N5O3. The van der Waals surface area contributed by atoms with Gasteiger partial charge in [-0.3, -0.25) is 9.59 Å². The van der Waals surface area contributed by atoms with Crippen molar-refractivity contribution in [1.82, 2.24) is 24.4 Å². The lowest BCUT2D eigenvalue weighted by molar-refractivity contribution is -0.121. The van der Waals surface area contributed by atoms with E-state index in [0.717, 1.165) is 36.5 Å². The molecule has 0 aliphatic carbocycles. The number of likely N-dealkylation sites (tertiary alicyclic amines) is 1. The highest BCUT2D eigenvalue weighted by atomic mass is 16.5. The summed E-state index contributed by atoms with van der Waals surface area (Å²) in [4.78, 5) is 28.1. The molecule has 2 aromatic heterocycles. The maximum atomic E-state index is 13.3. The van der Waals surface area contributed by atoms with Crippen LogP contribution in [-0.4, -0.2) is 58.3 Å². The van der Waals surface area contributed by atoms with Gasteiger partial charge in [-0.1, -0.05) is 12.1 Å². The molecule has 8 heteroatoms. The van der Waals surface area contributed by atoms with Crippen molar-refractivity contribution in [3.05, 3.63) is 51.9 Å². The number of aromatic nitrogens is 3. The molecule has 1 fully saturated rings. The maximum Gasteiger partial charge on any atom is 0.277 e. The maximum absolute atomic E-state index is 13.3. The molecule has 176 valence electrons. The van der Waals surface area contributed by atoms with Gasteiger partial charge in [-0.25, -0.2) is 0 Å². The van der Waals surface area contributed by atoms with Gasteiger partial charge in [0.1, 0.15) is 11.4 Å². The Balaban J connectivity index is 1.56. The standard InChI is InChI=1S/C25H33N5O3/c1-4-29-18(2)19(11-12-23(31)26-13-16-28-14-7-8-15-28)25(32)30-24(29)17-21(27-30)20-9-5-6-10-22(20)33-3/h5-6,9-10,17H,4,7-8,11-16H2,1-3H3,(H,26,31). The molecule has 0 bridgehead atoms. The summed E-state index contributed by atoms with van der Waals surface area (Å²) in [5.41, 5.74) is 3.60. The fraction of sp³-hybridized carbons (Fsp3) is 0.480. The molecule has 0 unspecified atom stereocenters. The number of rotatable bonds is 9. The number of fused-ring (bicyclic) bond motifs is 1. The third kappa shape index (κ3) is 4.80. The van der Waals surface area contributed by atoms with E-state index in [4.69, 9.17) is 4.74 Å². The number of hydrogen-bond donors (Lipinski definition) is 1. The predicted octanol–water partition coefficient (Wildman–Crippen LogP) is 2.64. The summed E-state index contributed by atoms with van der Waals surface area (Å²) in [6.45, 7) is 8.46. The van der Waals surface area contributed by atoms with E-state index in [9.17, 15) is 9.59 Å². The zero-order valence-corrected chi connectivity index (χ0v) is 19.8. The Morgan fingerprint density at radius 1 is 1.21 bits per heavy atom. The number of para-hydroxylation sites is 1. The third-order valence-electron chi connectivity index (χ3n) is 6.51. The van der Waals surface area contributed by atoms with Crippen LogP contribution in [0.15, 0.2) is 35.1 Å². The van der Waals surface area contributed by atoms with E-state index in [0.29, 0.717) is 36.5 Å². The molecule has 1 aromatic carbocycles. The first-order valence-electron chi connectivity index (χ1n) is 11.8. The molecule has 1 aliphatic heterocycles. The first-order chi connectivity index (χ1) is 16.0. The van der Waals surface area contributed by atoms with Crippen molar-refractivity contribution < 1.29 is 9.53 Å². The second-order valence-electron chi connectivity index (χ2n) is 8.51. The molecular weight excluding hydrogens is 418 g/mol. The van der Waals surface area contributed by atoms with Gasteiger partial charge in [-0.2, -0.15) is 9.61 Å². The average molecular weight is 452 g/mol. The Hall–Kier alpha value is -3.13. The lowest BCUT2D eigenvalue weighted by Gasteiger charge is -2.16. The number of methoxy groups -OCH3 is 1. The van der Waals surface area contributed by atoms with Crippen molar-refractivity contribution in [3.8, 4) is 17.0 Å². The molecule has 33 heavy (non-hydrogen) atoms. The molecule has 0 saturated carbocycles. The Labute approximate surface area is 194 Å². The van der Waals surface area contributed by atoms with E-state index in [1.165, 1.54) is 17.4 Å². The molecule has 1 amide bonds. The Morgan fingerprint density at radius 2 is 1.97 bits per heavy atom. The summed E-state index contributed by atoms with van der Waals surface area (Å²) in [6, 6.07) is 9.56. The van der Waals surface area contributed by atoms with Crippen LogP contribution in [0.4, 0.5) is 0 Å². The molecule has 1 N–H and O–H groups in total. The van der Waals surface area contributed by atoms with Crippen LogP contribution in [0, 0.1) is 6.92 Å². The molecule has 3 heterocycles. The van der Waals surface area contributed by atoms with Gasteiger partial charge >= 0.3 is 0 Å². The number of hydrogen-bond acceptors (Lipinski definition) is 5. The molecule has 0 spiro atoms. The van der Waals surface area contributed by atoms with Gasteiger partial charge in [0, 0.05) is 48.9 Å². The van der Waals surface area contributed by atoms with Crippen LogP contribution in [0.3, 0.4) is 0 Å². The van der Waals surface area contributed by atoms with Gasteiger partial charge in [0.05, 0.1) is 12.8 Å². The Kier molecular flexibility index (Phi) is 7.13. The van der Waals surface area contributed by atoms with Crippen molar-refractivity contribution in [2.24, 2.45) is 0 Å². The molecule has 8 nitrogen and oxygen atoms in total. The van der Waals surface area contributed by atoms with Crippen molar-refractivity contribution in [3.63, 3.8) is 0 Å². The van der Waals surface area contributed by atoms with Gasteiger partial charge < -0.3 is 19.5 Å². The highest BCUT2D eigenvalue weighted by Gasteiger charge is 2.19. The van der Waals surface area contributed by atoms with Crippen LogP contribution in [0.2, 0.25) is 0 Å². The van der Waals surface area contributed by atoms with Crippen molar-refractivity contribution in [2.45, 2.75) is 46.1 Å². The summed E-state index contributed by atoms with van der Waals surface area (Å²) < 4.78 is 9.01. The summed E-state index contributed by atoms with van der Waals surface area (Å²) in [5.74, 6) is 0.685. The molecule has 0 radical (unpaired) electrons. The smallest absolute Gasteiger partial charge is 0.277 e. The highest BCUT2D eigenvalue weighted by Crippen LogP contribution is 2.29.